The highest BCUT2D eigenvalue weighted by molar-refractivity contribution is 5.26. The van der Waals surface area contributed by atoms with E-state index >= 15 is 0 Å². The van der Waals surface area contributed by atoms with E-state index in [1.807, 2.05) is 31.2 Å². The molecule has 0 spiro atoms. The van der Waals surface area contributed by atoms with Crippen molar-refractivity contribution in [2.75, 3.05) is 13.2 Å². The van der Waals surface area contributed by atoms with Crippen molar-refractivity contribution in [3.63, 3.8) is 0 Å². The van der Waals surface area contributed by atoms with Gasteiger partial charge in [-0.25, -0.2) is 0 Å². The smallest absolute Gasteiger partial charge is 0.226 e. The Kier molecular flexibility index (Phi) is 4.23. The van der Waals surface area contributed by atoms with E-state index in [9.17, 15) is 4.79 Å². The first kappa shape index (κ1) is 13.2. The zero-order chi connectivity index (χ0) is 13.7. The van der Waals surface area contributed by atoms with E-state index in [1.54, 1.807) is 6.92 Å². The van der Waals surface area contributed by atoms with E-state index in [0.717, 1.165) is 5.75 Å². The Morgan fingerprint density at radius 1 is 1.00 bits per heavy atom. The monoisotopic (exact) mass is 260 g/mol. The van der Waals surface area contributed by atoms with Crippen molar-refractivity contribution in [2.45, 2.75) is 13.8 Å². The molecule has 0 fully saturated rings. The molecule has 4 heteroatoms. The third kappa shape index (κ3) is 3.61. The molecule has 4 nitrogen and oxygen atoms in total. The van der Waals surface area contributed by atoms with E-state index in [-0.39, 0.29) is 11.2 Å². The zero-order valence-electron chi connectivity index (χ0n) is 11.0. The van der Waals surface area contributed by atoms with E-state index in [4.69, 9.17) is 13.9 Å². The quantitative estimate of drug-likeness (QED) is 0.775. The molecule has 0 aliphatic carbocycles. The second-order valence-electron chi connectivity index (χ2n) is 4.18. The van der Waals surface area contributed by atoms with Gasteiger partial charge in [0.2, 0.25) is 11.2 Å². The highest BCUT2D eigenvalue weighted by Gasteiger charge is 2.05. The summed E-state index contributed by atoms with van der Waals surface area (Å²) in [7, 11) is 0. The molecule has 0 bridgehead atoms. The molecular weight excluding hydrogens is 244 g/mol. The Hall–Kier alpha value is -2.23. The lowest BCUT2D eigenvalue weighted by Gasteiger charge is -2.08. The summed E-state index contributed by atoms with van der Waals surface area (Å²) in [6.45, 7) is 4.38. The third-order valence-corrected chi connectivity index (χ3v) is 2.63. The van der Waals surface area contributed by atoms with Gasteiger partial charge in [0, 0.05) is 6.07 Å². The minimum atomic E-state index is -0.181. The van der Waals surface area contributed by atoms with Crippen LogP contribution < -0.4 is 14.9 Å². The molecular formula is C15H16O4. The highest BCUT2D eigenvalue weighted by Crippen LogP contribution is 2.12. The molecule has 19 heavy (non-hydrogen) atoms. The zero-order valence-corrected chi connectivity index (χ0v) is 11.0. The van der Waals surface area contributed by atoms with Gasteiger partial charge in [-0.15, -0.1) is 0 Å². The summed E-state index contributed by atoms with van der Waals surface area (Å²) < 4.78 is 16.0. The van der Waals surface area contributed by atoms with Crippen molar-refractivity contribution in [3.05, 3.63) is 58.1 Å². The largest absolute Gasteiger partial charge is 0.490 e. The molecule has 2 aromatic rings. The standard InChI is InChI=1S/C15H16O4/c1-11-3-5-13(6-4-11)18-9-10-19-15-12(2)17-8-7-14(15)16/h3-8H,9-10H2,1-2H3. The van der Waals surface area contributed by atoms with Gasteiger partial charge < -0.3 is 13.9 Å². The van der Waals surface area contributed by atoms with E-state index in [0.29, 0.717) is 19.0 Å². The van der Waals surface area contributed by atoms with Crippen LogP contribution in [0.15, 0.2) is 45.8 Å². The number of aryl methyl sites for hydroxylation is 2. The molecule has 0 atom stereocenters. The molecule has 100 valence electrons. The lowest BCUT2D eigenvalue weighted by atomic mass is 10.2. The van der Waals surface area contributed by atoms with Crippen LogP contribution in [0.1, 0.15) is 11.3 Å². The topological polar surface area (TPSA) is 48.7 Å². The highest BCUT2D eigenvalue weighted by atomic mass is 16.5. The first-order valence-corrected chi connectivity index (χ1v) is 6.07. The lowest BCUT2D eigenvalue weighted by Crippen LogP contribution is -2.14. The Morgan fingerprint density at radius 3 is 2.37 bits per heavy atom. The van der Waals surface area contributed by atoms with Gasteiger partial charge in [-0.05, 0) is 26.0 Å². The molecule has 0 N–H and O–H groups in total. The summed E-state index contributed by atoms with van der Waals surface area (Å²) in [5.74, 6) is 1.50. The van der Waals surface area contributed by atoms with Crippen LogP contribution in [0.4, 0.5) is 0 Å². The van der Waals surface area contributed by atoms with Gasteiger partial charge in [0.25, 0.3) is 0 Å². The molecule has 0 saturated carbocycles. The van der Waals surface area contributed by atoms with Crippen LogP contribution in [-0.4, -0.2) is 13.2 Å². The molecule has 0 aliphatic heterocycles. The van der Waals surface area contributed by atoms with Crippen LogP contribution in [0.25, 0.3) is 0 Å². The summed E-state index contributed by atoms with van der Waals surface area (Å²) in [5, 5.41) is 0. The van der Waals surface area contributed by atoms with Gasteiger partial charge in [0.1, 0.15) is 24.7 Å². The van der Waals surface area contributed by atoms with Gasteiger partial charge in [-0.3, -0.25) is 4.79 Å². The van der Waals surface area contributed by atoms with Crippen molar-refractivity contribution in [1.82, 2.24) is 0 Å². The normalized spacial score (nSPS) is 10.2. The molecule has 0 saturated heterocycles. The van der Waals surface area contributed by atoms with Crippen molar-refractivity contribution in [2.24, 2.45) is 0 Å². The van der Waals surface area contributed by atoms with Gasteiger partial charge in [0.05, 0.1) is 6.26 Å². The molecule has 0 unspecified atom stereocenters. The second-order valence-corrected chi connectivity index (χ2v) is 4.18. The predicted octanol–water partition coefficient (Wildman–Crippen LogP) is 2.71. The summed E-state index contributed by atoms with van der Waals surface area (Å²) in [5.41, 5.74) is 1.00. The molecule has 0 radical (unpaired) electrons. The van der Waals surface area contributed by atoms with Crippen molar-refractivity contribution in [3.8, 4) is 11.5 Å². The van der Waals surface area contributed by atoms with Crippen LogP contribution in [0.5, 0.6) is 11.5 Å². The lowest BCUT2D eigenvalue weighted by molar-refractivity contribution is 0.210. The summed E-state index contributed by atoms with van der Waals surface area (Å²) in [6, 6.07) is 9.09. The number of ether oxygens (including phenoxy) is 2. The van der Waals surface area contributed by atoms with Gasteiger partial charge in [-0.2, -0.15) is 0 Å². The molecule has 1 heterocycles. The maximum Gasteiger partial charge on any atom is 0.226 e. The molecule has 0 aliphatic rings. The van der Waals surface area contributed by atoms with Crippen LogP contribution in [0.3, 0.4) is 0 Å². The van der Waals surface area contributed by atoms with Crippen molar-refractivity contribution in [1.29, 1.82) is 0 Å². The minimum Gasteiger partial charge on any atom is -0.490 e. The molecule has 0 amide bonds. The number of hydrogen-bond donors (Lipinski definition) is 0. The Morgan fingerprint density at radius 2 is 1.68 bits per heavy atom. The fourth-order valence-electron chi connectivity index (χ4n) is 1.61. The Balaban J connectivity index is 1.84. The van der Waals surface area contributed by atoms with E-state index in [1.165, 1.54) is 17.9 Å². The molecule has 2 rings (SSSR count). The molecule has 1 aromatic heterocycles. The van der Waals surface area contributed by atoms with Gasteiger partial charge in [0.15, 0.2) is 0 Å². The number of rotatable bonds is 5. The van der Waals surface area contributed by atoms with Crippen LogP contribution >= 0.6 is 0 Å². The third-order valence-electron chi connectivity index (χ3n) is 2.63. The van der Waals surface area contributed by atoms with E-state index in [2.05, 4.69) is 0 Å². The number of benzene rings is 1. The summed E-state index contributed by atoms with van der Waals surface area (Å²) in [6.07, 6.45) is 1.35. The SMILES string of the molecule is Cc1ccc(OCCOc2c(C)occc2=O)cc1. The fourth-order valence-corrected chi connectivity index (χ4v) is 1.61. The number of hydrogen-bond acceptors (Lipinski definition) is 4. The first-order valence-electron chi connectivity index (χ1n) is 6.07. The van der Waals surface area contributed by atoms with Crippen LogP contribution in [-0.2, 0) is 0 Å². The fraction of sp³-hybridized carbons (Fsp3) is 0.267. The van der Waals surface area contributed by atoms with Crippen molar-refractivity contribution >= 4 is 0 Å². The average molecular weight is 260 g/mol. The molecule has 1 aromatic carbocycles. The second kappa shape index (κ2) is 6.09. The van der Waals surface area contributed by atoms with Gasteiger partial charge in [-0.1, -0.05) is 17.7 Å². The van der Waals surface area contributed by atoms with Crippen LogP contribution in [0, 0.1) is 13.8 Å². The van der Waals surface area contributed by atoms with Crippen LogP contribution in [0.2, 0.25) is 0 Å². The van der Waals surface area contributed by atoms with Gasteiger partial charge >= 0.3 is 0 Å². The Bertz CT molecular complexity index is 584. The summed E-state index contributed by atoms with van der Waals surface area (Å²) in [4.78, 5) is 11.5. The van der Waals surface area contributed by atoms with Crippen molar-refractivity contribution < 1.29 is 13.9 Å². The maximum absolute atomic E-state index is 11.5. The predicted molar refractivity (Wildman–Crippen MR) is 71.9 cm³/mol. The Labute approximate surface area is 111 Å². The maximum atomic E-state index is 11.5. The average Bonchev–Trinajstić information content (AvgIpc) is 2.39. The van der Waals surface area contributed by atoms with E-state index < -0.39 is 0 Å². The summed E-state index contributed by atoms with van der Waals surface area (Å²) >= 11 is 0. The minimum absolute atomic E-state index is 0.181. The first-order chi connectivity index (χ1) is 9.16.